The van der Waals surface area contributed by atoms with E-state index in [1.54, 1.807) is 0 Å². The molecule has 120 valence electrons. The molecule has 0 atom stereocenters. The zero-order valence-electron chi connectivity index (χ0n) is 11.7. The van der Waals surface area contributed by atoms with Gasteiger partial charge in [0.15, 0.2) is 0 Å². The average molecular weight is 317 g/mol. The monoisotopic (exact) mass is 317 g/mol. The van der Waals surface area contributed by atoms with Crippen molar-refractivity contribution in [1.29, 1.82) is 0 Å². The van der Waals surface area contributed by atoms with Crippen LogP contribution in [-0.2, 0) is 11.0 Å². The second kappa shape index (κ2) is 5.82. The minimum Gasteiger partial charge on any atom is -0.360 e. The van der Waals surface area contributed by atoms with Crippen LogP contribution in [0.4, 0.5) is 24.5 Å². The molecule has 1 aliphatic rings. The van der Waals surface area contributed by atoms with Gasteiger partial charge in [-0.2, -0.15) is 13.2 Å². The van der Waals surface area contributed by atoms with Gasteiger partial charge in [0, 0.05) is 19.2 Å². The number of rotatable bonds is 5. The predicted molar refractivity (Wildman–Crippen MR) is 72.5 cm³/mol. The van der Waals surface area contributed by atoms with Crippen LogP contribution >= 0.6 is 0 Å². The van der Waals surface area contributed by atoms with Crippen molar-refractivity contribution >= 4 is 17.3 Å². The van der Waals surface area contributed by atoms with Gasteiger partial charge < -0.3 is 10.2 Å². The first-order valence-electron chi connectivity index (χ1n) is 6.54. The molecule has 1 N–H and O–H groups in total. The van der Waals surface area contributed by atoms with Gasteiger partial charge in [-0.15, -0.1) is 0 Å². The lowest BCUT2D eigenvalue weighted by Gasteiger charge is -2.19. The molecule has 0 saturated heterocycles. The number of halogens is 3. The van der Waals surface area contributed by atoms with Crippen LogP contribution < -0.4 is 10.2 Å². The Morgan fingerprint density at radius 3 is 2.59 bits per heavy atom. The van der Waals surface area contributed by atoms with Gasteiger partial charge >= 0.3 is 6.18 Å². The summed E-state index contributed by atoms with van der Waals surface area (Å²) in [5, 5.41) is 13.7. The number of nitro groups is 1. The molecule has 1 aromatic rings. The van der Waals surface area contributed by atoms with E-state index in [1.807, 2.05) is 0 Å². The van der Waals surface area contributed by atoms with Crippen LogP contribution in [0, 0.1) is 10.1 Å². The standard InChI is InChI=1S/C13H14F3N3O3/c1-18(7-12(20)17-9-3-4-9)10-5-2-8(13(14,15)16)6-11(10)19(21)22/h2,5-6,9H,3-4,7H2,1H3,(H,17,20). The normalized spacial score (nSPS) is 14.5. The summed E-state index contributed by atoms with van der Waals surface area (Å²) in [5.41, 5.74) is -1.82. The van der Waals surface area contributed by atoms with Crippen LogP contribution in [0.2, 0.25) is 0 Å². The van der Waals surface area contributed by atoms with Crippen LogP contribution in [0.15, 0.2) is 18.2 Å². The lowest BCUT2D eigenvalue weighted by Crippen LogP contribution is -2.36. The lowest BCUT2D eigenvalue weighted by atomic mass is 10.1. The second-order valence-corrected chi connectivity index (χ2v) is 5.16. The summed E-state index contributed by atoms with van der Waals surface area (Å²) in [6, 6.07) is 2.39. The molecule has 0 spiro atoms. The Balaban J connectivity index is 2.21. The number of nitrogens with zero attached hydrogens (tertiary/aromatic N) is 2. The fraction of sp³-hybridized carbons (Fsp3) is 0.462. The number of amides is 1. The van der Waals surface area contributed by atoms with E-state index in [0.717, 1.165) is 25.0 Å². The molecule has 1 fully saturated rings. The number of hydrogen-bond acceptors (Lipinski definition) is 4. The second-order valence-electron chi connectivity index (χ2n) is 5.16. The topological polar surface area (TPSA) is 75.5 Å². The number of anilines is 1. The van der Waals surface area contributed by atoms with Gasteiger partial charge in [0.05, 0.1) is 17.0 Å². The fourth-order valence-corrected chi connectivity index (χ4v) is 1.97. The zero-order chi connectivity index (χ0) is 16.5. The highest BCUT2D eigenvalue weighted by molar-refractivity contribution is 5.83. The SMILES string of the molecule is CN(CC(=O)NC1CC1)c1ccc(C(F)(F)F)cc1[N+](=O)[O-]. The Labute approximate surface area is 124 Å². The van der Waals surface area contributed by atoms with Gasteiger partial charge in [0.25, 0.3) is 5.69 Å². The molecule has 1 aliphatic carbocycles. The molecule has 0 aliphatic heterocycles. The van der Waals surface area contributed by atoms with E-state index in [2.05, 4.69) is 5.32 Å². The minimum atomic E-state index is -4.66. The number of likely N-dealkylation sites (N-methyl/N-ethyl adjacent to an activating group) is 1. The maximum absolute atomic E-state index is 12.6. The first kappa shape index (κ1) is 16.1. The lowest BCUT2D eigenvalue weighted by molar-refractivity contribution is -0.384. The third-order valence-electron chi connectivity index (χ3n) is 3.23. The van der Waals surface area contributed by atoms with Gasteiger partial charge in [0.1, 0.15) is 5.69 Å². The highest BCUT2D eigenvalue weighted by atomic mass is 19.4. The number of nitrogens with one attached hydrogen (secondary N) is 1. The molecule has 0 bridgehead atoms. The number of benzene rings is 1. The van der Waals surface area contributed by atoms with Crippen molar-refractivity contribution < 1.29 is 22.9 Å². The van der Waals surface area contributed by atoms with Gasteiger partial charge in [-0.25, -0.2) is 0 Å². The number of carbonyl (C=O) groups excluding carboxylic acids is 1. The van der Waals surface area contributed by atoms with Crippen molar-refractivity contribution in [3.8, 4) is 0 Å². The molecule has 0 aromatic heterocycles. The summed E-state index contributed by atoms with van der Waals surface area (Å²) in [7, 11) is 1.42. The Kier molecular flexibility index (Phi) is 4.25. The van der Waals surface area contributed by atoms with E-state index < -0.39 is 22.4 Å². The van der Waals surface area contributed by atoms with E-state index in [1.165, 1.54) is 11.9 Å². The van der Waals surface area contributed by atoms with Crippen LogP contribution in [0.3, 0.4) is 0 Å². The minimum absolute atomic E-state index is 0.0380. The summed E-state index contributed by atoms with van der Waals surface area (Å²) < 4.78 is 37.9. The molecular weight excluding hydrogens is 303 g/mol. The van der Waals surface area contributed by atoms with Crippen LogP contribution in [-0.4, -0.2) is 30.5 Å². The predicted octanol–water partition coefficient (Wildman–Crippen LogP) is 2.33. The van der Waals surface area contributed by atoms with Crippen molar-refractivity contribution in [1.82, 2.24) is 5.32 Å². The van der Waals surface area contributed by atoms with Crippen LogP contribution in [0.25, 0.3) is 0 Å². The fourth-order valence-electron chi connectivity index (χ4n) is 1.97. The van der Waals surface area contributed by atoms with E-state index >= 15 is 0 Å². The first-order chi connectivity index (χ1) is 10.2. The van der Waals surface area contributed by atoms with Crippen LogP contribution in [0.5, 0.6) is 0 Å². The molecule has 0 radical (unpaired) electrons. The molecular formula is C13H14F3N3O3. The molecule has 6 nitrogen and oxygen atoms in total. The van der Waals surface area contributed by atoms with Gasteiger partial charge in [0.2, 0.25) is 5.91 Å². The summed E-state index contributed by atoms with van der Waals surface area (Å²) >= 11 is 0. The number of carbonyl (C=O) groups is 1. The smallest absolute Gasteiger partial charge is 0.360 e. The van der Waals surface area contributed by atoms with Crippen molar-refractivity contribution in [3.63, 3.8) is 0 Å². The summed E-state index contributed by atoms with van der Waals surface area (Å²) in [6.07, 6.45) is -2.86. The quantitative estimate of drug-likeness (QED) is 0.668. The van der Waals surface area contributed by atoms with Crippen molar-refractivity contribution in [2.24, 2.45) is 0 Å². The summed E-state index contributed by atoms with van der Waals surface area (Å²) in [4.78, 5) is 23.0. The molecule has 9 heteroatoms. The van der Waals surface area contributed by atoms with E-state index in [4.69, 9.17) is 0 Å². The number of nitro benzene ring substituents is 1. The Morgan fingerprint density at radius 1 is 1.45 bits per heavy atom. The molecule has 2 rings (SSSR count). The zero-order valence-corrected chi connectivity index (χ0v) is 11.7. The molecule has 0 heterocycles. The van der Waals surface area contributed by atoms with E-state index in [9.17, 15) is 28.1 Å². The number of alkyl halides is 3. The third kappa shape index (κ3) is 3.86. The maximum Gasteiger partial charge on any atom is 0.416 e. The molecule has 22 heavy (non-hydrogen) atoms. The highest BCUT2D eigenvalue weighted by Gasteiger charge is 2.33. The molecule has 0 unspecified atom stereocenters. The van der Waals surface area contributed by atoms with Crippen molar-refractivity contribution in [3.05, 3.63) is 33.9 Å². The summed E-state index contributed by atoms with van der Waals surface area (Å²) in [5.74, 6) is -0.320. The number of hydrogen-bond donors (Lipinski definition) is 1. The Morgan fingerprint density at radius 2 is 2.09 bits per heavy atom. The average Bonchev–Trinajstić information content (AvgIpc) is 3.20. The Hall–Kier alpha value is -2.32. The van der Waals surface area contributed by atoms with E-state index in [0.29, 0.717) is 6.07 Å². The van der Waals surface area contributed by atoms with Gasteiger partial charge in [-0.1, -0.05) is 0 Å². The van der Waals surface area contributed by atoms with Gasteiger partial charge in [-0.3, -0.25) is 14.9 Å². The van der Waals surface area contributed by atoms with Gasteiger partial charge in [-0.05, 0) is 25.0 Å². The maximum atomic E-state index is 12.6. The summed E-state index contributed by atoms with van der Waals surface area (Å²) in [6.45, 7) is -0.164. The van der Waals surface area contributed by atoms with E-state index in [-0.39, 0.29) is 24.2 Å². The van der Waals surface area contributed by atoms with Crippen LogP contribution in [0.1, 0.15) is 18.4 Å². The van der Waals surface area contributed by atoms with Crippen molar-refractivity contribution in [2.45, 2.75) is 25.1 Å². The third-order valence-corrected chi connectivity index (χ3v) is 3.23. The molecule has 1 amide bonds. The Bertz CT molecular complexity index is 600. The highest BCUT2D eigenvalue weighted by Crippen LogP contribution is 2.36. The molecule has 1 saturated carbocycles. The largest absolute Gasteiger partial charge is 0.416 e. The van der Waals surface area contributed by atoms with Crippen molar-refractivity contribution in [2.75, 3.05) is 18.5 Å². The molecule has 1 aromatic carbocycles. The first-order valence-corrected chi connectivity index (χ1v) is 6.54.